The fourth-order valence-corrected chi connectivity index (χ4v) is 6.31. The smallest absolute Gasteiger partial charge is 0.264 e. The van der Waals surface area contributed by atoms with E-state index >= 15 is 0 Å². The predicted molar refractivity (Wildman–Crippen MR) is 166 cm³/mol. The van der Waals surface area contributed by atoms with Crippen LogP contribution in [0.3, 0.4) is 0 Å². The number of nitrogens with zero attached hydrogens (tertiary/aromatic N) is 2. The number of aryl methyl sites for hydroxylation is 1. The van der Waals surface area contributed by atoms with E-state index in [1.807, 2.05) is 26.8 Å². The van der Waals surface area contributed by atoms with Crippen LogP contribution in [0.15, 0.2) is 71.6 Å². The van der Waals surface area contributed by atoms with Crippen LogP contribution in [0, 0.1) is 6.92 Å². The largest absolute Gasteiger partial charge is 0.352 e. The molecule has 0 aliphatic heterocycles. The summed E-state index contributed by atoms with van der Waals surface area (Å²) in [6.07, 6.45) is 0.984. The first-order chi connectivity index (χ1) is 19.4. The Hall–Kier alpha value is -2.78. The van der Waals surface area contributed by atoms with Gasteiger partial charge in [0.15, 0.2) is 0 Å². The summed E-state index contributed by atoms with van der Waals surface area (Å²) in [6, 6.07) is 16.5. The molecule has 0 saturated carbocycles. The minimum absolute atomic E-state index is 0.0292. The van der Waals surface area contributed by atoms with Crippen LogP contribution in [0.25, 0.3) is 0 Å². The van der Waals surface area contributed by atoms with Crippen LogP contribution in [0.5, 0.6) is 0 Å². The van der Waals surface area contributed by atoms with Crippen molar-refractivity contribution in [3.63, 3.8) is 0 Å². The number of anilines is 1. The molecule has 2 amide bonds. The molecule has 220 valence electrons. The van der Waals surface area contributed by atoms with Crippen LogP contribution < -0.4 is 9.62 Å². The average Bonchev–Trinajstić information content (AvgIpc) is 2.93. The van der Waals surface area contributed by atoms with Gasteiger partial charge in [-0.25, -0.2) is 8.42 Å². The fraction of sp³-hybridized carbons (Fsp3) is 0.333. The van der Waals surface area contributed by atoms with E-state index in [-0.39, 0.29) is 29.8 Å². The highest BCUT2D eigenvalue weighted by atomic mass is 35.5. The van der Waals surface area contributed by atoms with Crippen molar-refractivity contribution in [2.24, 2.45) is 0 Å². The summed E-state index contributed by atoms with van der Waals surface area (Å²) >= 11 is 18.9. The molecule has 0 fully saturated rings. The number of hydrogen-bond acceptors (Lipinski definition) is 4. The maximum Gasteiger partial charge on any atom is 0.264 e. The first-order valence-electron chi connectivity index (χ1n) is 13.3. The normalized spacial score (nSPS) is 12.9. The van der Waals surface area contributed by atoms with Gasteiger partial charge in [0.2, 0.25) is 11.8 Å². The van der Waals surface area contributed by atoms with Gasteiger partial charge in [0, 0.05) is 33.2 Å². The van der Waals surface area contributed by atoms with Crippen molar-refractivity contribution in [2.45, 2.75) is 64.1 Å². The van der Waals surface area contributed by atoms with Gasteiger partial charge < -0.3 is 10.2 Å². The van der Waals surface area contributed by atoms with E-state index in [9.17, 15) is 18.0 Å². The van der Waals surface area contributed by atoms with Gasteiger partial charge in [-0.2, -0.15) is 0 Å². The number of carbonyl (C=O) groups is 2. The van der Waals surface area contributed by atoms with Gasteiger partial charge in [0.05, 0.1) is 10.6 Å². The zero-order valence-corrected chi connectivity index (χ0v) is 26.5. The summed E-state index contributed by atoms with van der Waals surface area (Å²) in [5, 5.41) is 3.98. The topological polar surface area (TPSA) is 86.8 Å². The van der Waals surface area contributed by atoms with Gasteiger partial charge in [-0.05, 0) is 80.8 Å². The second kappa shape index (κ2) is 14.4. The van der Waals surface area contributed by atoms with Crippen LogP contribution in [0.1, 0.15) is 44.7 Å². The standard InChI is InChI=1S/C30H34Cl3N3O4S/c1-5-21(4)34-30(38)28(6-2)35(18-25-26(32)11-8-12-27(25)33)29(37)19-36(23-10-7-9-20(3)17-23)41(39,40)24-15-13-22(31)14-16-24/h7-17,21,28H,5-6,18-19H2,1-4H3,(H,34,38). The highest BCUT2D eigenvalue weighted by molar-refractivity contribution is 7.92. The lowest BCUT2D eigenvalue weighted by Crippen LogP contribution is -2.53. The summed E-state index contributed by atoms with van der Waals surface area (Å²) in [4.78, 5) is 28.9. The van der Waals surface area contributed by atoms with E-state index in [4.69, 9.17) is 34.8 Å². The summed E-state index contributed by atoms with van der Waals surface area (Å²) < 4.78 is 28.9. The highest BCUT2D eigenvalue weighted by Gasteiger charge is 2.34. The van der Waals surface area contributed by atoms with Crippen molar-refractivity contribution in [3.05, 3.63) is 92.9 Å². The molecule has 0 aliphatic carbocycles. The third-order valence-corrected chi connectivity index (χ3v) is 9.50. The Kier molecular flexibility index (Phi) is 11.5. The Bertz CT molecular complexity index is 1460. The third kappa shape index (κ3) is 8.16. The summed E-state index contributed by atoms with van der Waals surface area (Å²) in [5.74, 6) is -0.938. The average molecular weight is 639 g/mol. The lowest BCUT2D eigenvalue weighted by atomic mass is 10.1. The zero-order chi connectivity index (χ0) is 30.3. The molecule has 3 rings (SSSR count). The lowest BCUT2D eigenvalue weighted by Gasteiger charge is -2.34. The molecule has 2 atom stereocenters. The molecule has 11 heteroatoms. The van der Waals surface area contributed by atoms with Gasteiger partial charge in [-0.15, -0.1) is 0 Å². The molecule has 3 aromatic carbocycles. The Morgan fingerprint density at radius 1 is 0.902 bits per heavy atom. The SMILES string of the molecule is CCC(C)NC(=O)C(CC)N(Cc1c(Cl)cccc1Cl)C(=O)CN(c1cccc(C)c1)S(=O)(=O)c1ccc(Cl)cc1. The summed E-state index contributed by atoms with van der Waals surface area (Å²) in [5.41, 5.74) is 1.58. The number of nitrogens with one attached hydrogen (secondary N) is 1. The van der Waals surface area contributed by atoms with Crippen LogP contribution in [-0.4, -0.2) is 43.8 Å². The molecule has 2 unspecified atom stereocenters. The molecular formula is C30H34Cl3N3O4S. The van der Waals surface area contributed by atoms with Gasteiger partial charge in [0.1, 0.15) is 12.6 Å². The molecule has 0 aromatic heterocycles. The van der Waals surface area contributed by atoms with Crippen molar-refractivity contribution in [1.82, 2.24) is 10.2 Å². The second-order valence-corrected chi connectivity index (χ2v) is 12.9. The molecule has 0 heterocycles. The van der Waals surface area contributed by atoms with Crippen molar-refractivity contribution < 1.29 is 18.0 Å². The first-order valence-corrected chi connectivity index (χ1v) is 15.8. The Morgan fingerprint density at radius 2 is 1.51 bits per heavy atom. The molecule has 1 N–H and O–H groups in total. The quantitative estimate of drug-likeness (QED) is 0.235. The first kappa shape index (κ1) is 32.7. The molecule has 0 aliphatic rings. The van der Waals surface area contributed by atoms with Crippen LogP contribution in [0.2, 0.25) is 15.1 Å². The predicted octanol–water partition coefficient (Wildman–Crippen LogP) is 6.87. The van der Waals surface area contributed by atoms with E-state index < -0.39 is 28.5 Å². The van der Waals surface area contributed by atoms with Crippen LogP contribution in [-0.2, 0) is 26.2 Å². The molecule has 0 saturated heterocycles. The number of benzene rings is 3. The number of halogens is 3. The summed E-state index contributed by atoms with van der Waals surface area (Å²) in [7, 11) is -4.21. The molecule has 0 radical (unpaired) electrons. The number of amides is 2. The number of hydrogen-bond donors (Lipinski definition) is 1. The van der Waals surface area contributed by atoms with E-state index in [1.165, 1.54) is 29.2 Å². The third-order valence-electron chi connectivity index (χ3n) is 6.75. The zero-order valence-electron chi connectivity index (χ0n) is 23.4. The van der Waals surface area contributed by atoms with Gasteiger partial charge >= 0.3 is 0 Å². The van der Waals surface area contributed by atoms with E-state index in [1.54, 1.807) is 43.3 Å². The molecule has 0 spiro atoms. The number of sulfonamides is 1. The molecule has 41 heavy (non-hydrogen) atoms. The maximum absolute atomic E-state index is 14.2. The minimum Gasteiger partial charge on any atom is -0.352 e. The van der Waals surface area contributed by atoms with Crippen LogP contribution >= 0.6 is 34.8 Å². The van der Waals surface area contributed by atoms with Gasteiger partial charge in [-0.3, -0.25) is 13.9 Å². The van der Waals surface area contributed by atoms with Crippen molar-refractivity contribution in [1.29, 1.82) is 0 Å². The van der Waals surface area contributed by atoms with E-state index in [0.717, 1.165) is 9.87 Å². The lowest BCUT2D eigenvalue weighted by molar-refractivity contribution is -0.140. The molecule has 7 nitrogen and oxygen atoms in total. The Labute approximate surface area is 257 Å². The summed E-state index contributed by atoms with van der Waals surface area (Å²) in [6.45, 7) is 6.78. The van der Waals surface area contributed by atoms with Crippen molar-refractivity contribution in [2.75, 3.05) is 10.8 Å². The Morgan fingerprint density at radius 3 is 2.07 bits per heavy atom. The van der Waals surface area contributed by atoms with Gasteiger partial charge in [-0.1, -0.05) is 66.8 Å². The van der Waals surface area contributed by atoms with Crippen molar-refractivity contribution >= 4 is 62.3 Å². The maximum atomic E-state index is 14.2. The van der Waals surface area contributed by atoms with Gasteiger partial charge in [0.25, 0.3) is 10.0 Å². The monoisotopic (exact) mass is 637 g/mol. The number of carbonyl (C=O) groups excluding carboxylic acids is 2. The molecule has 3 aromatic rings. The minimum atomic E-state index is -4.21. The molecule has 0 bridgehead atoms. The second-order valence-electron chi connectivity index (χ2n) is 9.77. The number of rotatable bonds is 12. The van der Waals surface area contributed by atoms with Crippen molar-refractivity contribution in [3.8, 4) is 0 Å². The van der Waals surface area contributed by atoms with E-state index in [0.29, 0.717) is 32.7 Å². The Balaban J connectivity index is 2.10. The highest BCUT2D eigenvalue weighted by Crippen LogP contribution is 2.29. The molecular weight excluding hydrogens is 605 g/mol. The fourth-order valence-electron chi connectivity index (χ4n) is 4.26. The van der Waals surface area contributed by atoms with Crippen LogP contribution in [0.4, 0.5) is 5.69 Å². The van der Waals surface area contributed by atoms with E-state index in [2.05, 4.69) is 5.32 Å².